The third kappa shape index (κ3) is 7.22. The largest absolute Gasteiger partial charge is 0.380 e. The number of halogens is 1. The molecule has 1 rings (SSSR count). The van der Waals surface area contributed by atoms with Crippen molar-refractivity contribution in [3.05, 3.63) is 16.1 Å². The van der Waals surface area contributed by atoms with E-state index >= 15 is 0 Å². The molecular weight excluding hydrogens is 284 g/mol. The van der Waals surface area contributed by atoms with Gasteiger partial charge in [-0.05, 0) is 13.8 Å². The summed E-state index contributed by atoms with van der Waals surface area (Å²) in [4.78, 5) is 6.80. The molecule has 0 aliphatic rings. The molecule has 0 saturated carbocycles. The van der Waals surface area contributed by atoms with Gasteiger partial charge in [0.05, 0.1) is 31.3 Å². The van der Waals surface area contributed by atoms with Crippen LogP contribution in [-0.2, 0) is 21.9 Å². The predicted molar refractivity (Wildman–Crippen MR) is 79.9 cm³/mol. The fourth-order valence-corrected chi connectivity index (χ4v) is 2.68. The standard InChI is InChI=1S/C13H23ClN2O2S/c1-3-17-7-5-16(6-8-18-4-2)10-13-15-12(9-14)11-19-13/h11H,3-10H2,1-2H3. The molecule has 0 aliphatic carbocycles. The third-order valence-electron chi connectivity index (χ3n) is 2.61. The summed E-state index contributed by atoms with van der Waals surface area (Å²) in [5.41, 5.74) is 0.955. The van der Waals surface area contributed by atoms with E-state index in [1.165, 1.54) is 0 Å². The van der Waals surface area contributed by atoms with Crippen molar-refractivity contribution < 1.29 is 9.47 Å². The van der Waals surface area contributed by atoms with Crippen LogP contribution in [0, 0.1) is 0 Å². The number of aromatic nitrogens is 1. The third-order valence-corrected chi connectivity index (χ3v) is 3.76. The molecule has 0 atom stereocenters. The average Bonchev–Trinajstić information content (AvgIpc) is 2.87. The molecule has 1 aromatic heterocycles. The molecule has 0 radical (unpaired) electrons. The van der Waals surface area contributed by atoms with Gasteiger partial charge in [-0.2, -0.15) is 0 Å². The number of thiazole rings is 1. The number of hydrogen-bond acceptors (Lipinski definition) is 5. The number of rotatable bonds is 11. The first-order valence-corrected chi connectivity index (χ1v) is 8.08. The van der Waals surface area contributed by atoms with Crippen molar-refractivity contribution in [2.45, 2.75) is 26.3 Å². The Balaban J connectivity index is 2.41. The van der Waals surface area contributed by atoms with Gasteiger partial charge in [0.1, 0.15) is 5.01 Å². The normalized spacial score (nSPS) is 11.4. The Labute approximate surface area is 124 Å². The maximum Gasteiger partial charge on any atom is 0.107 e. The van der Waals surface area contributed by atoms with Gasteiger partial charge in [-0.25, -0.2) is 4.98 Å². The van der Waals surface area contributed by atoms with Crippen molar-refractivity contribution in [3.63, 3.8) is 0 Å². The van der Waals surface area contributed by atoms with Crippen molar-refractivity contribution in [1.29, 1.82) is 0 Å². The topological polar surface area (TPSA) is 34.6 Å². The lowest BCUT2D eigenvalue weighted by molar-refractivity contribution is 0.0797. The molecular formula is C13H23ClN2O2S. The summed E-state index contributed by atoms with van der Waals surface area (Å²) < 4.78 is 10.8. The van der Waals surface area contributed by atoms with Crippen LogP contribution in [0.2, 0.25) is 0 Å². The van der Waals surface area contributed by atoms with Crippen LogP contribution in [0.5, 0.6) is 0 Å². The van der Waals surface area contributed by atoms with E-state index in [9.17, 15) is 0 Å². The first-order chi connectivity index (χ1) is 9.30. The fourth-order valence-electron chi connectivity index (χ4n) is 1.62. The van der Waals surface area contributed by atoms with E-state index in [-0.39, 0.29) is 0 Å². The lowest BCUT2D eigenvalue weighted by atomic mass is 10.4. The Morgan fingerprint density at radius 2 is 1.84 bits per heavy atom. The second-order valence-corrected chi connectivity index (χ2v) is 5.25. The van der Waals surface area contributed by atoms with E-state index in [1.807, 2.05) is 19.2 Å². The fraction of sp³-hybridized carbons (Fsp3) is 0.769. The number of hydrogen-bond donors (Lipinski definition) is 0. The van der Waals surface area contributed by atoms with Crippen LogP contribution in [0.3, 0.4) is 0 Å². The summed E-state index contributed by atoms with van der Waals surface area (Å²) in [5, 5.41) is 3.12. The minimum Gasteiger partial charge on any atom is -0.380 e. The second-order valence-electron chi connectivity index (χ2n) is 4.04. The molecule has 4 nitrogen and oxygen atoms in total. The molecule has 1 heterocycles. The zero-order valence-corrected chi connectivity index (χ0v) is 13.3. The van der Waals surface area contributed by atoms with Crippen molar-refractivity contribution in [2.24, 2.45) is 0 Å². The van der Waals surface area contributed by atoms with Gasteiger partial charge in [0.25, 0.3) is 0 Å². The summed E-state index contributed by atoms with van der Waals surface area (Å²) >= 11 is 7.43. The van der Waals surface area contributed by atoms with E-state index in [0.717, 1.165) is 56.8 Å². The molecule has 0 spiro atoms. The lowest BCUT2D eigenvalue weighted by Crippen LogP contribution is -2.30. The Kier molecular flexibility index (Phi) is 9.38. The predicted octanol–water partition coefficient (Wildman–Crippen LogP) is 2.76. The number of ether oxygens (including phenoxy) is 2. The zero-order valence-electron chi connectivity index (χ0n) is 11.7. The Hall–Kier alpha value is -0.200. The van der Waals surface area contributed by atoms with E-state index < -0.39 is 0 Å². The first-order valence-electron chi connectivity index (χ1n) is 6.67. The molecule has 0 amide bonds. The van der Waals surface area contributed by atoms with Crippen LogP contribution in [0.25, 0.3) is 0 Å². The van der Waals surface area contributed by atoms with Gasteiger partial charge in [-0.1, -0.05) is 0 Å². The molecule has 110 valence electrons. The number of alkyl halides is 1. The van der Waals surface area contributed by atoms with E-state index in [4.69, 9.17) is 21.1 Å². The van der Waals surface area contributed by atoms with Crippen LogP contribution in [-0.4, -0.2) is 49.4 Å². The second kappa shape index (κ2) is 10.6. The molecule has 0 unspecified atom stereocenters. The Morgan fingerprint density at radius 3 is 2.32 bits per heavy atom. The van der Waals surface area contributed by atoms with Gasteiger partial charge in [-0.3, -0.25) is 4.90 Å². The summed E-state index contributed by atoms with van der Waals surface area (Å²) in [7, 11) is 0. The summed E-state index contributed by atoms with van der Waals surface area (Å²) in [6.07, 6.45) is 0. The smallest absolute Gasteiger partial charge is 0.107 e. The van der Waals surface area contributed by atoms with Gasteiger partial charge in [0, 0.05) is 31.7 Å². The molecule has 0 N–H and O–H groups in total. The monoisotopic (exact) mass is 306 g/mol. The maximum atomic E-state index is 5.77. The van der Waals surface area contributed by atoms with Crippen molar-refractivity contribution in [3.8, 4) is 0 Å². The van der Waals surface area contributed by atoms with Crippen LogP contribution in [0.1, 0.15) is 24.5 Å². The summed E-state index contributed by atoms with van der Waals surface area (Å²) in [6, 6.07) is 0. The van der Waals surface area contributed by atoms with Crippen molar-refractivity contribution in [2.75, 3.05) is 39.5 Å². The van der Waals surface area contributed by atoms with Gasteiger partial charge < -0.3 is 9.47 Å². The summed E-state index contributed by atoms with van der Waals surface area (Å²) in [6.45, 7) is 9.66. The highest BCUT2D eigenvalue weighted by Crippen LogP contribution is 2.13. The van der Waals surface area contributed by atoms with Gasteiger partial charge in [0.15, 0.2) is 0 Å². The van der Waals surface area contributed by atoms with Crippen molar-refractivity contribution in [1.82, 2.24) is 9.88 Å². The molecule has 6 heteroatoms. The highest BCUT2D eigenvalue weighted by atomic mass is 35.5. The number of nitrogens with zero attached hydrogens (tertiary/aromatic N) is 2. The minimum atomic E-state index is 0.481. The maximum absolute atomic E-state index is 5.77. The SMILES string of the molecule is CCOCCN(CCOCC)Cc1nc(CCl)cs1. The zero-order chi connectivity index (χ0) is 13.9. The quantitative estimate of drug-likeness (QED) is 0.465. The van der Waals surface area contributed by atoms with Crippen LogP contribution < -0.4 is 0 Å². The molecule has 0 saturated heterocycles. The van der Waals surface area contributed by atoms with Gasteiger partial charge in [0.2, 0.25) is 0 Å². The molecule has 1 aromatic rings. The van der Waals surface area contributed by atoms with E-state index in [2.05, 4.69) is 9.88 Å². The van der Waals surface area contributed by atoms with Crippen LogP contribution in [0.4, 0.5) is 0 Å². The van der Waals surface area contributed by atoms with Crippen LogP contribution in [0.15, 0.2) is 5.38 Å². The Morgan fingerprint density at radius 1 is 1.21 bits per heavy atom. The van der Waals surface area contributed by atoms with Gasteiger partial charge in [-0.15, -0.1) is 22.9 Å². The molecule has 0 aliphatic heterocycles. The van der Waals surface area contributed by atoms with Gasteiger partial charge >= 0.3 is 0 Å². The highest BCUT2D eigenvalue weighted by Gasteiger charge is 2.09. The van der Waals surface area contributed by atoms with Crippen LogP contribution >= 0.6 is 22.9 Å². The minimum absolute atomic E-state index is 0.481. The highest BCUT2D eigenvalue weighted by molar-refractivity contribution is 7.09. The summed E-state index contributed by atoms with van der Waals surface area (Å²) in [5.74, 6) is 0.481. The molecule has 0 bridgehead atoms. The molecule has 0 aromatic carbocycles. The first kappa shape index (κ1) is 16.9. The van der Waals surface area contributed by atoms with E-state index in [1.54, 1.807) is 11.3 Å². The van der Waals surface area contributed by atoms with Crippen molar-refractivity contribution >= 4 is 22.9 Å². The Bertz CT molecular complexity index is 326. The molecule has 0 fully saturated rings. The lowest BCUT2D eigenvalue weighted by Gasteiger charge is -2.20. The average molecular weight is 307 g/mol. The molecule has 19 heavy (non-hydrogen) atoms. The van der Waals surface area contributed by atoms with E-state index in [0.29, 0.717) is 5.88 Å².